The van der Waals surface area contributed by atoms with Crippen molar-refractivity contribution in [3.63, 3.8) is 0 Å². The molecule has 2 heterocycles. The van der Waals surface area contributed by atoms with Crippen molar-refractivity contribution >= 4 is 40.1 Å². The summed E-state index contributed by atoms with van der Waals surface area (Å²) < 4.78 is 0. The molecule has 42 heavy (non-hydrogen) atoms. The van der Waals surface area contributed by atoms with Crippen molar-refractivity contribution in [1.29, 1.82) is 10.5 Å². The van der Waals surface area contributed by atoms with E-state index in [4.69, 9.17) is 10.2 Å². The topological polar surface area (TPSA) is 130 Å². The second-order valence-corrected chi connectivity index (χ2v) is 9.52. The molecule has 2 bridgehead atoms. The Labute approximate surface area is 240 Å². The largest absolute Gasteiger partial charge is 0.294 e. The van der Waals surface area contributed by atoms with Crippen LogP contribution in [0.4, 0.5) is 11.4 Å². The van der Waals surface area contributed by atoms with Gasteiger partial charge in [-0.1, -0.05) is 84.9 Å². The standard InChI is InChI=1S/C33H20N6O3/c34-19-23-15-7-9-17-25(23)38-29-27(31(40)21-11-3-1-4-12-21)36-39(26-18-10-8-16-24(26)20-35)30(33(29)42)28(37-38)32(41)22-13-5-2-6-14-22/h1-18,29-30H. The smallest absolute Gasteiger partial charge is 0.211 e. The lowest BCUT2D eigenvalue weighted by atomic mass is 9.86. The van der Waals surface area contributed by atoms with E-state index in [1.54, 1.807) is 109 Å². The van der Waals surface area contributed by atoms with E-state index in [2.05, 4.69) is 12.1 Å². The highest BCUT2D eigenvalue weighted by atomic mass is 16.2. The highest BCUT2D eigenvalue weighted by molar-refractivity contribution is 6.58. The monoisotopic (exact) mass is 548 g/mol. The van der Waals surface area contributed by atoms with Gasteiger partial charge >= 0.3 is 0 Å². The van der Waals surface area contributed by atoms with E-state index in [-0.39, 0.29) is 33.9 Å². The number of carbonyl (C=O) groups is 3. The Kier molecular flexibility index (Phi) is 6.68. The fraction of sp³-hybridized carbons (Fsp3) is 0.0606. The van der Waals surface area contributed by atoms with Crippen molar-refractivity contribution in [2.75, 3.05) is 10.0 Å². The number of hydrogen-bond acceptors (Lipinski definition) is 9. The third-order valence-electron chi connectivity index (χ3n) is 7.06. The van der Waals surface area contributed by atoms with Gasteiger partial charge in [0.25, 0.3) is 0 Å². The van der Waals surface area contributed by atoms with Crippen LogP contribution >= 0.6 is 0 Å². The van der Waals surface area contributed by atoms with Crippen LogP contribution in [0.15, 0.2) is 119 Å². The van der Waals surface area contributed by atoms with Gasteiger partial charge in [-0.2, -0.15) is 20.7 Å². The SMILES string of the molecule is N#Cc1ccccc1N1N=C(C(=O)c2ccccc2)C2C(=O)C1C(C(=O)c1ccccc1)=NN2c1ccccc1C#N. The van der Waals surface area contributed by atoms with E-state index >= 15 is 0 Å². The highest BCUT2D eigenvalue weighted by Gasteiger charge is 2.53. The summed E-state index contributed by atoms with van der Waals surface area (Å²) >= 11 is 0. The molecule has 0 saturated carbocycles. The first kappa shape index (κ1) is 26.1. The first-order valence-electron chi connectivity index (χ1n) is 13.0. The summed E-state index contributed by atoms with van der Waals surface area (Å²) in [6, 6.07) is 31.3. The van der Waals surface area contributed by atoms with Crippen molar-refractivity contribution in [3.8, 4) is 12.1 Å². The summed E-state index contributed by atoms with van der Waals surface area (Å²) in [5.41, 5.74) is 1.16. The molecule has 9 nitrogen and oxygen atoms in total. The second kappa shape index (κ2) is 10.8. The van der Waals surface area contributed by atoms with Gasteiger partial charge in [0.05, 0.1) is 22.5 Å². The molecule has 0 amide bonds. The molecule has 0 spiro atoms. The first-order chi connectivity index (χ1) is 20.5. The van der Waals surface area contributed by atoms with Crippen LogP contribution in [0.25, 0.3) is 0 Å². The predicted molar refractivity (Wildman–Crippen MR) is 156 cm³/mol. The molecule has 0 aromatic heterocycles. The Bertz CT molecular complexity index is 1750. The number of ketones is 3. The molecule has 4 aromatic rings. The highest BCUT2D eigenvalue weighted by Crippen LogP contribution is 2.35. The molecule has 0 radical (unpaired) electrons. The van der Waals surface area contributed by atoms with Gasteiger partial charge in [-0.25, -0.2) is 10.0 Å². The van der Waals surface area contributed by atoms with E-state index < -0.39 is 29.4 Å². The zero-order chi connectivity index (χ0) is 29.2. The minimum absolute atomic E-state index is 0.155. The number of para-hydroxylation sites is 2. The number of nitriles is 2. The lowest BCUT2D eigenvalue weighted by Gasteiger charge is -2.43. The third-order valence-corrected chi connectivity index (χ3v) is 7.06. The molecule has 2 aliphatic rings. The lowest BCUT2D eigenvalue weighted by molar-refractivity contribution is -0.119. The van der Waals surface area contributed by atoms with Crippen LogP contribution in [0, 0.1) is 22.7 Å². The van der Waals surface area contributed by atoms with Crippen molar-refractivity contribution in [2.45, 2.75) is 12.1 Å². The third kappa shape index (κ3) is 4.32. The zero-order valence-corrected chi connectivity index (χ0v) is 22.0. The van der Waals surface area contributed by atoms with Gasteiger partial charge in [0.1, 0.15) is 23.6 Å². The van der Waals surface area contributed by atoms with E-state index in [1.807, 2.05) is 0 Å². The van der Waals surface area contributed by atoms with Gasteiger partial charge in [0.2, 0.25) is 11.6 Å². The Morgan fingerprint density at radius 3 is 1.31 bits per heavy atom. The molecule has 2 atom stereocenters. The summed E-state index contributed by atoms with van der Waals surface area (Å²) in [7, 11) is 0. The number of fused-ring (bicyclic) bond motifs is 2. The number of rotatable bonds is 6. The average molecular weight is 549 g/mol. The molecule has 0 saturated heterocycles. The van der Waals surface area contributed by atoms with Crippen LogP contribution in [-0.2, 0) is 4.79 Å². The molecule has 2 unspecified atom stereocenters. The molecule has 0 fully saturated rings. The maximum Gasteiger partial charge on any atom is 0.211 e. The molecule has 6 rings (SSSR count). The molecule has 0 aliphatic carbocycles. The number of hydrogen-bond donors (Lipinski definition) is 0. The maximum atomic E-state index is 14.6. The molecule has 0 N–H and O–H groups in total. The minimum atomic E-state index is -1.34. The number of hydrazone groups is 2. The quantitative estimate of drug-likeness (QED) is 0.323. The predicted octanol–water partition coefficient (Wildman–Crippen LogP) is 4.55. The Morgan fingerprint density at radius 2 is 0.929 bits per heavy atom. The lowest BCUT2D eigenvalue weighted by Crippen LogP contribution is -2.66. The van der Waals surface area contributed by atoms with Crippen LogP contribution in [-0.4, -0.2) is 40.9 Å². The van der Waals surface area contributed by atoms with Gasteiger partial charge in [0.15, 0.2) is 17.9 Å². The minimum Gasteiger partial charge on any atom is -0.294 e. The van der Waals surface area contributed by atoms with Crippen LogP contribution in [0.1, 0.15) is 31.8 Å². The Morgan fingerprint density at radius 1 is 0.571 bits per heavy atom. The van der Waals surface area contributed by atoms with Gasteiger partial charge in [0, 0.05) is 11.1 Å². The second-order valence-electron chi connectivity index (χ2n) is 9.52. The van der Waals surface area contributed by atoms with Crippen LogP contribution in [0.2, 0.25) is 0 Å². The van der Waals surface area contributed by atoms with Crippen molar-refractivity contribution in [1.82, 2.24) is 0 Å². The van der Waals surface area contributed by atoms with E-state index in [0.717, 1.165) is 0 Å². The van der Waals surface area contributed by atoms with E-state index in [0.29, 0.717) is 11.1 Å². The zero-order valence-electron chi connectivity index (χ0n) is 22.0. The molecule has 4 aromatic carbocycles. The Balaban J connectivity index is 1.63. The maximum absolute atomic E-state index is 14.6. The number of anilines is 2. The molecule has 9 heteroatoms. The summed E-state index contributed by atoms with van der Waals surface area (Å²) in [5, 5.41) is 31.7. The summed E-state index contributed by atoms with van der Waals surface area (Å²) in [6.45, 7) is 0. The van der Waals surface area contributed by atoms with E-state index in [1.165, 1.54) is 10.0 Å². The number of Topliss-reactive ketones (excluding diaryl/α,β-unsaturated/α-hetero) is 3. The van der Waals surface area contributed by atoms with Crippen LogP contribution < -0.4 is 10.0 Å². The van der Waals surface area contributed by atoms with Crippen molar-refractivity contribution < 1.29 is 14.4 Å². The van der Waals surface area contributed by atoms with Crippen molar-refractivity contribution in [3.05, 3.63) is 131 Å². The first-order valence-corrected chi connectivity index (χ1v) is 13.0. The van der Waals surface area contributed by atoms with Gasteiger partial charge in [-0.3, -0.25) is 14.4 Å². The number of benzene rings is 4. The fourth-order valence-electron chi connectivity index (χ4n) is 5.08. The van der Waals surface area contributed by atoms with Crippen LogP contribution in [0.3, 0.4) is 0 Å². The molecular weight excluding hydrogens is 528 g/mol. The van der Waals surface area contributed by atoms with Gasteiger partial charge in [-0.05, 0) is 24.3 Å². The summed E-state index contributed by atoms with van der Waals surface area (Å²) in [4.78, 5) is 42.5. The van der Waals surface area contributed by atoms with Crippen LogP contribution in [0.5, 0.6) is 0 Å². The number of nitrogens with zero attached hydrogens (tertiary/aromatic N) is 6. The van der Waals surface area contributed by atoms with Gasteiger partial charge < -0.3 is 0 Å². The number of carbonyl (C=O) groups excluding carboxylic acids is 3. The summed E-state index contributed by atoms with van der Waals surface area (Å²) in [5.74, 6) is -1.60. The average Bonchev–Trinajstić information content (AvgIpc) is 3.05. The molecular formula is C33H20N6O3. The molecule has 2 aliphatic heterocycles. The normalized spacial score (nSPS) is 17.4. The van der Waals surface area contributed by atoms with Crippen molar-refractivity contribution in [2.24, 2.45) is 10.2 Å². The Hall–Kier alpha value is -6.19. The summed E-state index contributed by atoms with van der Waals surface area (Å²) in [6.07, 6.45) is 0. The van der Waals surface area contributed by atoms with E-state index in [9.17, 15) is 24.9 Å². The van der Waals surface area contributed by atoms with Gasteiger partial charge in [-0.15, -0.1) is 0 Å². The molecule has 200 valence electrons. The fourth-order valence-corrected chi connectivity index (χ4v) is 5.08.